The van der Waals surface area contributed by atoms with Crippen LogP contribution in [0.1, 0.15) is 19.8 Å². The summed E-state index contributed by atoms with van der Waals surface area (Å²) in [6.07, 6.45) is 1.31. The molecule has 0 saturated carbocycles. The summed E-state index contributed by atoms with van der Waals surface area (Å²) >= 11 is 1.42. The zero-order valence-electron chi connectivity index (χ0n) is 11.9. The first-order chi connectivity index (χ1) is 10.1. The van der Waals surface area contributed by atoms with Gasteiger partial charge in [-0.3, -0.25) is 4.79 Å². The van der Waals surface area contributed by atoms with E-state index in [-0.39, 0.29) is 11.7 Å². The van der Waals surface area contributed by atoms with Crippen molar-refractivity contribution >= 4 is 23.6 Å². The molecule has 1 heterocycles. The van der Waals surface area contributed by atoms with Crippen LogP contribution in [0.5, 0.6) is 5.75 Å². The van der Waals surface area contributed by atoms with E-state index < -0.39 is 12.0 Å². The van der Waals surface area contributed by atoms with Crippen molar-refractivity contribution in [3.63, 3.8) is 0 Å². The lowest BCUT2D eigenvalue weighted by Crippen LogP contribution is -2.41. The van der Waals surface area contributed by atoms with Crippen LogP contribution in [0.3, 0.4) is 0 Å². The number of rotatable bonds is 6. The second-order valence-corrected chi connectivity index (χ2v) is 5.83. The molecule has 0 bridgehead atoms. The fourth-order valence-corrected chi connectivity index (χ4v) is 3.13. The van der Waals surface area contributed by atoms with E-state index in [0.717, 1.165) is 17.1 Å². The summed E-state index contributed by atoms with van der Waals surface area (Å²) in [5, 5.41) is 9.08. The molecule has 1 N–H and O–H groups in total. The molecule has 0 aliphatic carbocycles. The highest BCUT2D eigenvalue weighted by molar-refractivity contribution is 8.00. The smallest absolute Gasteiger partial charge is 0.326 e. The molecule has 1 atom stereocenters. The van der Waals surface area contributed by atoms with Gasteiger partial charge < -0.3 is 14.7 Å². The number of nitrogens with zero attached hydrogens (tertiary/aromatic N) is 1. The van der Waals surface area contributed by atoms with E-state index >= 15 is 0 Å². The molecule has 0 aromatic heterocycles. The Hall–Kier alpha value is -1.69. The molecule has 1 aromatic carbocycles. The topological polar surface area (TPSA) is 66.8 Å². The standard InChI is InChI=1S/C15H19NO4S/c1-2-20-11-5-7-12(8-6-11)21-10-14(17)16-9-3-4-13(16)15(18)19/h5-8,13H,2-4,9-10H2,1H3,(H,18,19)/t13-/m1/s1. The average molecular weight is 309 g/mol. The van der Waals surface area contributed by atoms with Crippen LogP contribution in [0, 0.1) is 0 Å². The Labute approximate surface area is 128 Å². The van der Waals surface area contributed by atoms with E-state index in [1.807, 2.05) is 31.2 Å². The van der Waals surface area contributed by atoms with Gasteiger partial charge in [-0.25, -0.2) is 4.79 Å². The maximum absolute atomic E-state index is 12.1. The minimum absolute atomic E-state index is 0.112. The maximum Gasteiger partial charge on any atom is 0.326 e. The predicted octanol–water partition coefficient (Wildman–Crippen LogP) is 2.25. The van der Waals surface area contributed by atoms with Gasteiger partial charge in [0.25, 0.3) is 0 Å². The number of carbonyl (C=O) groups is 2. The molecule has 0 unspecified atom stereocenters. The van der Waals surface area contributed by atoms with E-state index in [0.29, 0.717) is 19.6 Å². The number of ether oxygens (including phenoxy) is 1. The first-order valence-corrected chi connectivity index (χ1v) is 7.98. The van der Waals surface area contributed by atoms with Crippen LogP contribution in [0.2, 0.25) is 0 Å². The first-order valence-electron chi connectivity index (χ1n) is 6.99. The van der Waals surface area contributed by atoms with Crippen molar-refractivity contribution in [1.82, 2.24) is 4.90 Å². The molecule has 1 fully saturated rings. The number of aliphatic carboxylic acids is 1. The molecule has 21 heavy (non-hydrogen) atoms. The van der Waals surface area contributed by atoms with Gasteiger partial charge in [0.05, 0.1) is 12.4 Å². The van der Waals surface area contributed by atoms with Crippen LogP contribution < -0.4 is 4.74 Å². The highest BCUT2D eigenvalue weighted by Gasteiger charge is 2.33. The number of hydrogen-bond donors (Lipinski definition) is 1. The normalized spacial score (nSPS) is 17.8. The monoisotopic (exact) mass is 309 g/mol. The summed E-state index contributed by atoms with van der Waals surface area (Å²) in [4.78, 5) is 25.6. The average Bonchev–Trinajstić information content (AvgIpc) is 2.96. The third-order valence-electron chi connectivity index (χ3n) is 3.36. The number of carboxylic acids is 1. The van der Waals surface area contributed by atoms with Gasteiger partial charge in [-0.15, -0.1) is 11.8 Å². The number of carbonyl (C=O) groups excluding carboxylic acids is 1. The Kier molecular flexibility index (Phi) is 5.50. The lowest BCUT2D eigenvalue weighted by atomic mass is 10.2. The van der Waals surface area contributed by atoms with Crippen LogP contribution in [0.25, 0.3) is 0 Å². The molecule has 5 nitrogen and oxygen atoms in total. The molecule has 1 aromatic rings. The molecule has 6 heteroatoms. The van der Waals surface area contributed by atoms with Crippen molar-refractivity contribution in [3.05, 3.63) is 24.3 Å². The largest absolute Gasteiger partial charge is 0.494 e. The SMILES string of the molecule is CCOc1ccc(SCC(=O)N2CCC[C@@H]2C(=O)O)cc1. The zero-order valence-corrected chi connectivity index (χ0v) is 12.8. The second-order valence-electron chi connectivity index (χ2n) is 4.78. The summed E-state index contributed by atoms with van der Waals surface area (Å²) in [5.41, 5.74) is 0. The molecule has 1 aliphatic heterocycles. The highest BCUT2D eigenvalue weighted by atomic mass is 32.2. The van der Waals surface area contributed by atoms with Crippen molar-refractivity contribution in [1.29, 1.82) is 0 Å². The quantitative estimate of drug-likeness (QED) is 0.816. The van der Waals surface area contributed by atoms with Crippen LogP contribution in [0.4, 0.5) is 0 Å². The summed E-state index contributed by atoms with van der Waals surface area (Å²) in [5.74, 6) is 0.0435. The zero-order chi connectivity index (χ0) is 15.2. The van der Waals surface area contributed by atoms with E-state index in [1.54, 1.807) is 0 Å². The van der Waals surface area contributed by atoms with Crippen molar-refractivity contribution in [2.24, 2.45) is 0 Å². The molecular formula is C15H19NO4S. The number of hydrogen-bond acceptors (Lipinski definition) is 4. The Morgan fingerprint density at radius 2 is 2.10 bits per heavy atom. The molecule has 1 saturated heterocycles. The number of likely N-dealkylation sites (tertiary alicyclic amines) is 1. The van der Waals surface area contributed by atoms with Crippen LogP contribution in [0.15, 0.2) is 29.2 Å². The Morgan fingerprint density at radius 1 is 1.38 bits per heavy atom. The molecule has 1 amide bonds. The van der Waals surface area contributed by atoms with Gasteiger partial charge in [0.1, 0.15) is 11.8 Å². The van der Waals surface area contributed by atoms with E-state index in [1.165, 1.54) is 16.7 Å². The van der Waals surface area contributed by atoms with Gasteiger partial charge >= 0.3 is 5.97 Å². The van der Waals surface area contributed by atoms with E-state index in [4.69, 9.17) is 9.84 Å². The minimum atomic E-state index is -0.910. The summed E-state index contributed by atoms with van der Waals surface area (Å²) in [6.45, 7) is 3.09. The lowest BCUT2D eigenvalue weighted by molar-refractivity contribution is -0.147. The summed E-state index contributed by atoms with van der Waals surface area (Å²) < 4.78 is 5.36. The van der Waals surface area contributed by atoms with Gasteiger partial charge in [0.2, 0.25) is 5.91 Å². The Bertz CT molecular complexity index is 503. The maximum atomic E-state index is 12.1. The van der Waals surface area contributed by atoms with Crippen LogP contribution >= 0.6 is 11.8 Å². The summed E-state index contributed by atoms with van der Waals surface area (Å²) in [6, 6.07) is 6.89. The van der Waals surface area contributed by atoms with Crippen molar-refractivity contribution < 1.29 is 19.4 Å². The molecule has 0 radical (unpaired) electrons. The highest BCUT2D eigenvalue weighted by Crippen LogP contribution is 2.24. The van der Waals surface area contributed by atoms with Gasteiger partial charge in [-0.05, 0) is 44.0 Å². The number of amides is 1. The van der Waals surface area contributed by atoms with Gasteiger partial charge in [0, 0.05) is 11.4 Å². The minimum Gasteiger partial charge on any atom is -0.494 e. The molecule has 0 spiro atoms. The second kappa shape index (κ2) is 7.36. The predicted molar refractivity (Wildman–Crippen MR) is 80.7 cm³/mol. The van der Waals surface area contributed by atoms with Gasteiger partial charge in [-0.2, -0.15) is 0 Å². The van der Waals surface area contributed by atoms with Crippen molar-refractivity contribution in [2.75, 3.05) is 18.9 Å². The third-order valence-corrected chi connectivity index (χ3v) is 4.35. The van der Waals surface area contributed by atoms with E-state index in [9.17, 15) is 9.59 Å². The van der Waals surface area contributed by atoms with Crippen LogP contribution in [-0.2, 0) is 9.59 Å². The molecular weight excluding hydrogens is 290 g/mol. The fourth-order valence-electron chi connectivity index (χ4n) is 2.35. The van der Waals surface area contributed by atoms with Gasteiger partial charge in [-0.1, -0.05) is 0 Å². The third kappa shape index (κ3) is 4.14. The lowest BCUT2D eigenvalue weighted by Gasteiger charge is -2.21. The Morgan fingerprint density at radius 3 is 2.71 bits per heavy atom. The number of benzene rings is 1. The molecule has 1 aliphatic rings. The van der Waals surface area contributed by atoms with Crippen molar-refractivity contribution in [2.45, 2.75) is 30.7 Å². The number of thioether (sulfide) groups is 1. The van der Waals surface area contributed by atoms with Crippen LogP contribution in [-0.4, -0.2) is 46.8 Å². The molecule has 2 rings (SSSR count). The number of carboxylic acid groups (broad SMARTS) is 1. The summed E-state index contributed by atoms with van der Waals surface area (Å²) in [7, 11) is 0. The Balaban J connectivity index is 1.87. The first kappa shape index (κ1) is 15.7. The fraction of sp³-hybridized carbons (Fsp3) is 0.467. The van der Waals surface area contributed by atoms with Crippen molar-refractivity contribution in [3.8, 4) is 5.75 Å². The molecule has 114 valence electrons. The van der Waals surface area contributed by atoms with Gasteiger partial charge in [0.15, 0.2) is 0 Å². The van der Waals surface area contributed by atoms with E-state index in [2.05, 4.69) is 0 Å².